The molecule has 18 heavy (non-hydrogen) atoms. The van der Waals surface area contributed by atoms with Crippen LogP contribution in [0.15, 0.2) is 41.1 Å². The Labute approximate surface area is 107 Å². The summed E-state index contributed by atoms with van der Waals surface area (Å²) in [5.41, 5.74) is 1.71. The number of hydrogen-bond donors (Lipinski definition) is 1. The third-order valence-electron chi connectivity index (χ3n) is 2.87. The standard InChI is InChI=1S/C14H18N2O2/c1-3-16(10-13-5-4-8-18-13)12-6-7-14(11(2)17)15-9-12/h4-9,11,17H,3,10H2,1-2H3/t11-/m1/s1. The Morgan fingerprint density at radius 2 is 2.22 bits per heavy atom. The SMILES string of the molecule is CCN(Cc1ccco1)c1ccc([C@@H](C)O)nc1. The predicted molar refractivity (Wildman–Crippen MR) is 70.3 cm³/mol. The Morgan fingerprint density at radius 1 is 1.39 bits per heavy atom. The van der Waals surface area contributed by atoms with Gasteiger partial charge in [0.1, 0.15) is 5.76 Å². The van der Waals surface area contributed by atoms with Gasteiger partial charge in [0, 0.05) is 6.54 Å². The first-order chi connectivity index (χ1) is 8.70. The molecule has 4 nitrogen and oxygen atoms in total. The molecular weight excluding hydrogens is 228 g/mol. The molecule has 2 aromatic rings. The maximum atomic E-state index is 9.43. The van der Waals surface area contributed by atoms with Gasteiger partial charge in [-0.15, -0.1) is 0 Å². The van der Waals surface area contributed by atoms with Crippen molar-refractivity contribution < 1.29 is 9.52 Å². The van der Waals surface area contributed by atoms with Crippen molar-refractivity contribution in [1.29, 1.82) is 0 Å². The van der Waals surface area contributed by atoms with Crippen molar-refractivity contribution in [1.82, 2.24) is 4.98 Å². The second-order valence-corrected chi connectivity index (χ2v) is 4.21. The van der Waals surface area contributed by atoms with Crippen molar-refractivity contribution in [3.8, 4) is 0 Å². The molecule has 2 heterocycles. The molecule has 0 amide bonds. The number of rotatable bonds is 5. The van der Waals surface area contributed by atoms with E-state index < -0.39 is 6.10 Å². The van der Waals surface area contributed by atoms with Gasteiger partial charge < -0.3 is 14.4 Å². The Hall–Kier alpha value is -1.81. The topological polar surface area (TPSA) is 49.5 Å². The van der Waals surface area contributed by atoms with Crippen molar-refractivity contribution in [3.63, 3.8) is 0 Å². The smallest absolute Gasteiger partial charge is 0.123 e. The lowest BCUT2D eigenvalue weighted by molar-refractivity contribution is 0.194. The number of aliphatic hydroxyl groups is 1. The second-order valence-electron chi connectivity index (χ2n) is 4.21. The number of hydrogen-bond acceptors (Lipinski definition) is 4. The molecule has 0 aliphatic heterocycles. The zero-order chi connectivity index (χ0) is 13.0. The van der Waals surface area contributed by atoms with Crippen molar-refractivity contribution in [2.75, 3.05) is 11.4 Å². The van der Waals surface area contributed by atoms with Gasteiger partial charge in [-0.05, 0) is 38.1 Å². The average Bonchev–Trinajstić information content (AvgIpc) is 2.89. The highest BCUT2D eigenvalue weighted by molar-refractivity contribution is 5.44. The van der Waals surface area contributed by atoms with Gasteiger partial charge in [-0.2, -0.15) is 0 Å². The van der Waals surface area contributed by atoms with Crippen LogP contribution >= 0.6 is 0 Å². The number of furan rings is 1. The Kier molecular flexibility index (Phi) is 3.99. The van der Waals surface area contributed by atoms with Crippen molar-refractivity contribution in [3.05, 3.63) is 48.2 Å². The summed E-state index contributed by atoms with van der Waals surface area (Å²) in [7, 11) is 0. The van der Waals surface area contributed by atoms with E-state index >= 15 is 0 Å². The number of aromatic nitrogens is 1. The zero-order valence-corrected chi connectivity index (χ0v) is 10.7. The zero-order valence-electron chi connectivity index (χ0n) is 10.7. The van der Waals surface area contributed by atoms with Crippen molar-refractivity contribution >= 4 is 5.69 Å². The molecule has 0 aromatic carbocycles. The summed E-state index contributed by atoms with van der Waals surface area (Å²) in [5, 5.41) is 9.43. The fourth-order valence-corrected chi connectivity index (χ4v) is 1.81. The molecule has 2 rings (SSSR count). The van der Waals surface area contributed by atoms with E-state index in [0.717, 1.165) is 24.5 Å². The van der Waals surface area contributed by atoms with Gasteiger partial charge in [-0.3, -0.25) is 4.98 Å². The first-order valence-corrected chi connectivity index (χ1v) is 6.12. The van der Waals surface area contributed by atoms with Gasteiger partial charge in [0.05, 0.1) is 36.5 Å². The second kappa shape index (κ2) is 5.69. The number of anilines is 1. The Balaban J connectivity index is 2.12. The van der Waals surface area contributed by atoms with Crippen LogP contribution in [0.2, 0.25) is 0 Å². The first kappa shape index (κ1) is 12.6. The molecule has 0 spiro atoms. The summed E-state index contributed by atoms with van der Waals surface area (Å²) in [4.78, 5) is 6.42. The maximum Gasteiger partial charge on any atom is 0.123 e. The van der Waals surface area contributed by atoms with Gasteiger partial charge in [-0.25, -0.2) is 0 Å². The third kappa shape index (κ3) is 2.90. The van der Waals surface area contributed by atoms with Gasteiger partial charge in [0.15, 0.2) is 0 Å². The molecule has 96 valence electrons. The van der Waals surface area contributed by atoms with Crippen LogP contribution < -0.4 is 4.90 Å². The van der Waals surface area contributed by atoms with Crippen LogP contribution in [0.1, 0.15) is 31.4 Å². The molecule has 0 fully saturated rings. The van der Waals surface area contributed by atoms with E-state index in [2.05, 4.69) is 16.8 Å². The molecule has 0 saturated heterocycles. The monoisotopic (exact) mass is 246 g/mol. The summed E-state index contributed by atoms with van der Waals surface area (Å²) in [6.07, 6.45) is 2.94. The van der Waals surface area contributed by atoms with Crippen molar-refractivity contribution in [2.24, 2.45) is 0 Å². The lowest BCUT2D eigenvalue weighted by Crippen LogP contribution is -2.21. The first-order valence-electron chi connectivity index (χ1n) is 6.12. The number of aliphatic hydroxyl groups excluding tert-OH is 1. The Morgan fingerprint density at radius 3 is 2.72 bits per heavy atom. The molecule has 0 aliphatic rings. The third-order valence-corrected chi connectivity index (χ3v) is 2.87. The van der Waals surface area contributed by atoms with Crippen LogP contribution in [0.4, 0.5) is 5.69 Å². The molecule has 0 unspecified atom stereocenters. The van der Waals surface area contributed by atoms with Gasteiger partial charge in [0.25, 0.3) is 0 Å². The molecule has 0 aliphatic carbocycles. The van der Waals surface area contributed by atoms with Gasteiger partial charge in [0.2, 0.25) is 0 Å². The minimum absolute atomic E-state index is 0.529. The van der Waals surface area contributed by atoms with Crippen LogP contribution in [0, 0.1) is 0 Å². The Bertz CT molecular complexity index is 463. The van der Waals surface area contributed by atoms with E-state index in [0.29, 0.717) is 5.69 Å². The average molecular weight is 246 g/mol. The predicted octanol–water partition coefficient (Wildman–Crippen LogP) is 2.75. The van der Waals surface area contributed by atoms with Crippen LogP contribution in [0.5, 0.6) is 0 Å². The lowest BCUT2D eigenvalue weighted by atomic mass is 10.2. The number of nitrogens with zero attached hydrogens (tertiary/aromatic N) is 2. The fraction of sp³-hybridized carbons (Fsp3) is 0.357. The number of pyridine rings is 1. The minimum Gasteiger partial charge on any atom is -0.467 e. The minimum atomic E-state index is -0.529. The molecule has 2 aromatic heterocycles. The summed E-state index contributed by atoms with van der Waals surface area (Å²) in [5.74, 6) is 0.927. The van der Waals surface area contributed by atoms with Gasteiger partial charge in [-0.1, -0.05) is 0 Å². The van der Waals surface area contributed by atoms with Gasteiger partial charge >= 0.3 is 0 Å². The summed E-state index contributed by atoms with van der Waals surface area (Å²) >= 11 is 0. The largest absolute Gasteiger partial charge is 0.467 e. The maximum absolute atomic E-state index is 9.43. The van der Waals surface area contributed by atoms with Crippen LogP contribution in [-0.2, 0) is 6.54 Å². The summed E-state index contributed by atoms with van der Waals surface area (Å²) < 4.78 is 5.35. The fourth-order valence-electron chi connectivity index (χ4n) is 1.81. The van der Waals surface area contributed by atoms with Crippen LogP contribution in [0.25, 0.3) is 0 Å². The highest BCUT2D eigenvalue weighted by Gasteiger charge is 2.08. The van der Waals surface area contributed by atoms with E-state index in [-0.39, 0.29) is 0 Å². The molecule has 4 heteroatoms. The van der Waals surface area contributed by atoms with Crippen molar-refractivity contribution in [2.45, 2.75) is 26.5 Å². The summed E-state index contributed by atoms with van der Waals surface area (Å²) in [6.45, 7) is 5.39. The molecular formula is C14H18N2O2. The molecule has 0 radical (unpaired) electrons. The van der Waals surface area contributed by atoms with E-state index in [1.54, 1.807) is 19.4 Å². The van der Waals surface area contributed by atoms with E-state index in [9.17, 15) is 5.11 Å². The van der Waals surface area contributed by atoms with E-state index in [1.165, 1.54) is 0 Å². The molecule has 1 N–H and O–H groups in total. The highest BCUT2D eigenvalue weighted by atomic mass is 16.3. The lowest BCUT2D eigenvalue weighted by Gasteiger charge is -2.21. The van der Waals surface area contributed by atoms with Crippen LogP contribution in [0.3, 0.4) is 0 Å². The summed E-state index contributed by atoms with van der Waals surface area (Å²) in [6, 6.07) is 7.67. The van der Waals surface area contributed by atoms with Crippen LogP contribution in [-0.4, -0.2) is 16.6 Å². The molecule has 0 bridgehead atoms. The highest BCUT2D eigenvalue weighted by Crippen LogP contribution is 2.18. The molecule has 1 atom stereocenters. The van der Waals surface area contributed by atoms with E-state index in [4.69, 9.17) is 4.42 Å². The van der Waals surface area contributed by atoms with E-state index in [1.807, 2.05) is 24.3 Å². The molecule has 0 saturated carbocycles. The normalized spacial score (nSPS) is 12.4. The quantitative estimate of drug-likeness (QED) is 0.881.